The number of nitrogens with zero attached hydrogens (tertiary/aromatic N) is 1. The van der Waals surface area contributed by atoms with E-state index in [-0.39, 0.29) is 6.61 Å². The normalized spacial score (nSPS) is 12.6. The Hall–Kier alpha value is -2.54. The summed E-state index contributed by atoms with van der Waals surface area (Å²) in [5.74, 6) is 0. The van der Waals surface area contributed by atoms with Crippen LogP contribution in [0, 0.1) is 0 Å². The van der Waals surface area contributed by atoms with Crippen LogP contribution in [-0.2, 0) is 9.47 Å². The Bertz CT molecular complexity index is 868. The van der Waals surface area contributed by atoms with Gasteiger partial charge in [0.25, 0.3) is 0 Å². The molecule has 290 valence electrons. The Morgan fingerprint density at radius 2 is 0.900 bits per heavy atom. The van der Waals surface area contributed by atoms with Crippen LogP contribution in [-0.4, -0.2) is 63.5 Å². The number of amides is 2. The number of allylic oxidation sites excluding steroid dienone is 8. The van der Waals surface area contributed by atoms with Crippen LogP contribution in [0.15, 0.2) is 48.6 Å². The quantitative estimate of drug-likeness (QED) is 0.0508. The van der Waals surface area contributed by atoms with Crippen LogP contribution >= 0.6 is 0 Å². The highest BCUT2D eigenvalue weighted by atomic mass is 16.6. The molecule has 0 saturated carbocycles. The second kappa shape index (κ2) is 39.2. The summed E-state index contributed by atoms with van der Waals surface area (Å²) in [6.07, 6.45) is 45.5. The van der Waals surface area contributed by atoms with Gasteiger partial charge in [-0.3, -0.25) is 0 Å². The zero-order chi connectivity index (χ0) is 36.6. The number of carbonyl (C=O) groups is 2. The minimum absolute atomic E-state index is 0.0338. The van der Waals surface area contributed by atoms with Crippen LogP contribution in [0.3, 0.4) is 0 Å². The third-order valence-electron chi connectivity index (χ3n) is 8.54. The average Bonchev–Trinajstić information content (AvgIpc) is 3.09. The van der Waals surface area contributed by atoms with Gasteiger partial charge >= 0.3 is 12.2 Å². The van der Waals surface area contributed by atoms with Gasteiger partial charge in [0.05, 0.1) is 0 Å². The largest absolute Gasteiger partial charge is 0.446 e. The predicted molar refractivity (Wildman–Crippen MR) is 215 cm³/mol. The third-order valence-corrected chi connectivity index (χ3v) is 8.54. The maximum absolute atomic E-state index is 12.4. The summed E-state index contributed by atoms with van der Waals surface area (Å²) in [6.45, 7) is 6.20. The number of alkyl carbamates (subject to hydrolysis) is 2. The zero-order valence-electron chi connectivity index (χ0n) is 33.1. The second-order valence-electron chi connectivity index (χ2n) is 13.9. The fourth-order valence-corrected chi connectivity index (χ4v) is 5.55. The van der Waals surface area contributed by atoms with Crippen molar-refractivity contribution in [3.8, 4) is 0 Å². The van der Waals surface area contributed by atoms with Crippen molar-refractivity contribution in [2.24, 2.45) is 0 Å². The molecule has 2 N–H and O–H groups in total. The highest BCUT2D eigenvalue weighted by Crippen LogP contribution is 2.09. The number of likely N-dealkylation sites (N-methyl/N-ethyl adjacent to an activating group) is 1. The predicted octanol–water partition coefficient (Wildman–Crippen LogP) is 12.0. The first-order valence-corrected chi connectivity index (χ1v) is 20.6. The van der Waals surface area contributed by atoms with Gasteiger partial charge in [-0.1, -0.05) is 140 Å². The van der Waals surface area contributed by atoms with Crippen LogP contribution in [0.5, 0.6) is 0 Å². The fraction of sp³-hybridized carbons (Fsp3) is 0.767. The van der Waals surface area contributed by atoms with E-state index in [0.717, 1.165) is 51.4 Å². The van der Waals surface area contributed by atoms with Gasteiger partial charge in [-0.25, -0.2) is 9.59 Å². The lowest BCUT2D eigenvalue weighted by Gasteiger charge is -2.21. The van der Waals surface area contributed by atoms with Gasteiger partial charge < -0.3 is 25.0 Å². The summed E-state index contributed by atoms with van der Waals surface area (Å²) < 4.78 is 10.9. The van der Waals surface area contributed by atoms with Crippen molar-refractivity contribution in [3.63, 3.8) is 0 Å². The third kappa shape index (κ3) is 38.3. The van der Waals surface area contributed by atoms with E-state index in [0.29, 0.717) is 19.6 Å². The van der Waals surface area contributed by atoms with Crippen molar-refractivity contribution in [3.05, 3.63) is 48.6 Å². The van der Waals surface area contributed by atoms with E-state index in [1.807, 2.05) is 19.0 Å². The first kappa shape index (κ1) is 47.5. The van der Waals surface area contributed by atoms with E-state index >= 15 is 0 Å². The molecule has 0 fully saturated rings. The Labute approximate surface area is 309 Å². The first-order valence-electron chi connectivity index (χ1n) is 20.6. The molecule has 0 heterocycles. The highest BCUT2D eigenvalue weighted by molar-refractivity contribution is 5.68. The highest BCUT2D eigenvalue weighted by Gasteiger charge is 2.18. The van der Waals surface area contributed by atoms with Gasteiger partial charge in [0.1, 0.15) is 6.61 Å². The molecule has 7 heteroatoms. The van der Waals surface area contributed by atoms with Gasteiger partial charge in [0.2, 0.25) is 0 Å². The molecule has 0 saturated heterocycles. The Morgan fingerprint density at radius 3 is 1.32 bits per heavy atom. The topological polar surface area (TPSA) is 79.9 Å². The number of carbonyl (C=O) groups excluding carboxylic acids is 2. The molecule has 1 atom stereocenters. The summed E-state index contributed by atoms with van der Waals surface area (Å²) in [6, 6.07) is 0. The number of unbranched alkanes of at least 4 members (excludes halogenated alkanes) is 18. The van der Waals surface area contributed by atoms with Crippen molar-refractivity contribution < 1.29 is 19.1 Å². The summed E-state index contributed by atoms with van der Waals surface area (Å²) in [5, 5.41) is 5.68. The molecule has 1 unspecified atom stereocenters. The zero-order valence-corrected chi connectivity index (χ0v) is 33.1. The molecule has 0 spiro atoms. The Balaban J connectivity index is 3.78. The molecule has 7 nitrogen and oxygen atoms in total. The van der Waals surface area contributed by atoms with Crippen molar-refractivity contribution in [1.82, 2.24) is 15.5 Å². The van der Waals surface area contributed by atoms with E-state index in [1.165, 1.54) is 103 Å². The molecule has 50 heavy (non-hydrogen) atoms. The molecule has 2 amide bonds. The SMILES string of the molecule is CCCCCC=CCC=CCCCCCCCCNC(=O)OCC(CN(C)C)OC(=O)NCCCCCCCCC=CCC=CCCCCC. The van der Waals surface area contributed by atoms with Crippen molar-refractivity contribution in [2.45, 2.75) is 174 Å². The maximum Gasteiger partial charge on any atom is 0.407 e. The maximum atomic E-state index is 12.4. The van der Waals surface area contributed by atoms with Crippen LogP contribution in [0.4, 0.5) is 9.59 Å². The molecule has 0 aromatic carbocycles. The fourth-order valence-electron chi connectivity index (χ4n) is 5.55. The van der Waals surface area contributed by atoms with Gasteiger partial charge in [0, 0.05) is 19.6 Å². The van der Waals surface area contributed by atoms with Crippen LogP contribution in [0.2, 0.25) is 0 Å². The molecular formula is C43H79N3O4. The summed E-state index contributed by atoms with van der Waals surface area (Å²) in [4.78, 5) is 26.5. The number of hydrogen-bond donors (Lipinski definition) is 2. The monoisotopic (exact) mass is 702 g/mol. The summed E-state index contributed by atoms with van der Waals surface area (Å²) >= 11 is 0. The standard InChI is InChI=1S/C43H79N3O4/c1-5-7-9-11-13-15-17-19-21-23-25-27-29-31-33-35-37-44-42(47)49-40-41(39-46(3)4)50-43(48)45-38-36-34-32-30-28-26-24-22-20-18-16-14-12-10-8-6-2/h13-16,19-22,41H,5-12,17-18,23-40H2,1-4H3,(H,44,47)(H,45,48). The minimum Gasteiger partial charge on any atom is -0.446 e. The molecule has 0 aromatic heterocycles. The van der Waals surface area contributed by atoms with Crippen LogP contribution < -0.4 is 10.6 Å². The Morgan fingerprint density at radius 1 is 0.520 bits per heavy atom. The van der Waals surface area contributed by atoms with Crippen molar-refractivity contribution >= 4 is 12.2 Å². The van der Waals surface area contributed by atoms with E-state index in [2.05, 4.69) is 73.1 Å². The molecule has 0 radical (unpaired) electrons. The lowest BCUT2D eigenvalue weighted by molar-refractivity contribution is 0.0318. The van der Waals surface area contributed by atoms with E-state index in [1.54, 1.807) is 0 Å². The molecule has 0 aliphatic carbocycles. The molecular weight excluding hydrogens is 622 g/mol. The first-order chi connectivity index (χ1) is 24.5. The summed E-state index contributed by atoms with van der Waals surface area (Å²) in [7, 11) is 3.81. The minimum atomic E-state index is -0.520. The van der Waals surface area contributed by atoms with Crippen molar-refractivity contribution in [2.75, 3.05) is 40.3 Å². The Kier molecular flexibility index (Phi) is 37.3. The van der Waals surface area contributed by atoms with Crippen LogP contribution in [0.25, 0.3) is 0 Å². The molecule has 0 aromatic rings. The second-order valence-corrected chi connectivity index (χ2v) is 13.9. The molecule has 0 bridgehead atoms. The number of rotatable bonds is 35. The number of nitrogens with one attached hydrogen (secondary N) is 2. The molecule has 0 aliphatic heterocycles. The van der Waals surface area contributed by atoms with Gasteiger partial charge in [0.15, 0.2) is 6.10 Å². The lowest BCUT2D eigenvalue weighted by atomic mass is 10.1. The van der Waals surface area contributed by atoms with Crippen LogP contribution in [0.1, 0.15) is 168 Å². The van der Waals surface area contributed by atoms with Gasteiger partial charge in [-0.15, -0.1) is 0 Å². The van der Waals surface area contributed by atoms with Gasteiger partial charge in [-0.05, 0) is 91.1 Å². The number of hydrogen-bond acceptors (Lipinski definition) is 5. The molecule has 0 aliphatic rings. The number of ether oxygens (including phenoxy) is 2. The lowest BCUT2D eigenvalue weighted by Crippen LogP contribution is -2.39. The average molecular weight is 702 g/mol. The van der Waals surface area contributed by atoms with E-state index in [9.17, 15) is 9.59 Å². The van der Waals surface area contributed by atoms with E-state index in [4.69, 9.17) is 9.47 Å². The summed E-state index contributed by atoms with van der Waals surface area (Å²) in [5.41, 5.74) is 0. The smallest absolute Gasteiger partial charge is 0.407 e. The molecule has 0 rings (SSSR count). The van der Waals surface area contributed by atoms with Gasteiger partial charge in [-0.2, -0.15) is 0 Å². The van der Waals surface area contributed by atoms with E-state index < -0.39 is 18.3 Å². The van der Waals surface area contributed by atoms with Crippen molar-refractivity contribution in [1.29, 1.82) is 0 Å².